The van der Waals surface area contributed by atoms with E-state index in [1.165, 1.54) is 9.75 Å². The van der Waals surface area contributed by atoms with E-state index >= 15 is 0 Å². The number of thiophene rings is 2. The molecule has 0 unspecified atom stereocenters. The molecule has 0 spiro atoms. The first-order valence-corrected chi connectivity index (χ1v) is 14.9. The maximum absolute atomic E-state index is 6.37. The third-order valence-electron chi connectivity index (χ3n) is 6.55. The fourth-order valence-corrected chi connectivity index (χ4v) is 6.81. The summed E-state index contributed by atoms with van der Waals surface area (Å²) in [6.45, 7) is 2.40. The number of ether oxygens (including phenoxy) is 4. The Morgan fingerprint density at radius 1 is 0.447 bits per heavy atom. The molecule has 6 heteroatoms. The van der Waals surface area contributed by atoms with E-state index in [0.717, 1.165) is 70.9 Å². The number of hydrogen-bond donors (Lipinski definition) is 0. The van der Waals surface area contributed by atoms with Crippen molar-refractivity contribution in [1.29, 1.82) is 0 Å². The minimum Gasteiger partial charge on any atom is -0.492 e. The van der Waals surface area contributed by atoms with Crippen molar-refractivity contribution in [2.24, 2.45) is 0 Å². The molecule has 0 saturated carbocycles. The molecule has 0 N–H and O–H groups in total. The molecular formula is C32H30O4S2. The van der Waals surface area contributed by atoms with Gasteiger partial charge in [0.2, 0.25) is 0 Å². The zero-order chi connectivity index (χ0) is 25.6. The second-order valence-electron chi connectivity index (χ2n) is 9.08. The van der Waals surface area contributed by atoms with Gasteiger partial charge in [0.05, 0.1) is 47.3 Å². The van der Waals surface area contributed by atoms with Gasteiger partial charge in [-0.25, -0.2) is 0 Å². The lowest BCUT2D eigenvalue weighted by Crippen LogP contribution is -2.04. The predicted molar refractivity (Wildman–Crippen MR) is 157 cm³/mol. The quantitative estimate of drug-likeness (QED) is 0.208. The smallest absolute Gasteiger partial charge is 0.130 e. The van der Waals surface area contributed by atoms with Gasteiger partial charge >= 0.3 is 0 Å². The van der Waals surface area contributed by atoms with Crippen molar-refractivity contribution >= 4 is 22.7 Å². The summed E-state index contributed by atoms with van der Waals surface area (Å²) in [6, 6.07) is 16.6. The molecule has 2 aromatic carbocycles. The summed E-state index contributed by atoms with van der Waals surface area (Å²) in [5.74, 6) is 3.41. The highest BCUT2D eigenvalue weighted by atomic mass is 32.1. The molecule has 0 radical (unpaired) electrons. The zero-order valence-corrected chi connectivity index (χ0v) is 22.8. The van der Waals surface area contributed by atoms with Crippen molar-refractivity contribution in [2.75, 3.05) is 26.4 Å². The number of hydrogen-bond acceptors (Lipinski definition) is 6. The van der Waals surface area contributed by atoms with Gasteiger partial charge in [-0.2, -0.15) is 0 Å². The van der Waals surface area contributed by atoms with Crippen LogP contribution in [0.1, 0.15) is 25.7 Å². The minimum absolute atomic E-state index is 0.601. The molecular weight excluding hydrogens is 512 g/mol. The van der Waals surface area contributed by atoms with Crippen LogP contribution in [0.4, 0.5) is 0 Å². The summed E-state index contributed by atoms with van der Waals surface area (Å²) in [6.07, 6.45) is 12.0. The first-order valence-electron chi connectivity index (χ1n) is 13.1. The Labute approximate surface area is 231 Å². The lowest BCUT2D eigenvalue weighted by atomic mass is 9.99. The van der Waals surface area contributed by atoms with E-state index in [0.29, 0.717) is 26.4 Å². The van der Waals surface area contributed by atoms with Crippen LogP contribution in [0.3, 0.4) is 0 Å². The van der Waals surface area contributed by atoms with E-state index in [-0.39, 0.29) is 0 Å². The van der Waals surface area contributed by atoms with E-state index in [4.69, 9.17) is 18.9 Å². The van der Waals surface area contributed by atoms with Crippen LogP contribution in [0.25, 0.3) is 32.0 Å². The lowest BCUT2D eigenvalue weighted by Gasteiger charge is -2.19. The Morgan fingerprint density at radius 2 is 0.789 bits per heavy atom. The largest absolute Gasteiger partial charge is 0.492 e. The summed E-state index contributed by atoms with van der Waals surface area (Å²) >= 11 is 3.48. The van der Waals surface area contributed by atoms with E-state index in [1.807, 2.05) is 12.1 Å². The summed E-state index contributed by atoms with van der Waals surface area (Å²) in [5.41, 5.74) is 4.26. The molecule has 0 aliphatic carbocycles. The van der Waals surface area contributed by atoms with Crippen molar-refractivity contribution in [3.63, 3.8) is 0 Å². The van der Waals surface area contributed by atoms with Gasteiger partial charge in [0.15, 0.2) is 0 Å². The summed E-state index contributed by atoms with van der Waals surface area (Å²) in [4.78, 5) is 2.38. The van der Waals surface area contributed by atoms with Gasteiger partial charge in [0.1, 0.15) is 23.0 Å². The van der Waals surface area contributed by atoms with Gasteiger partial charge in [0, 0.05) is 11.1 Å². The summed E-state index contributed by atoms with van der Waals surface area (Å²) < 4.78 is 25.5. The van der Waals surface area contributed by atoms with Gasteiger partial charge < -0.3 is 18.9 Å². The molecule has 0 atom stereocenters. The number of benzene rings is 2. The molecule has 4 nitrogen and oxygen atoms in total. The molecule has 2 bridgehead atoms. The van der Waals surface area contributed by atoms with Crippen LogP contribution in [0, 0.1) is 0 Å². The van der Waals surface area contributed by atoms with Gasteiger partial charge in [-0.15, -0.1) is 22.7 Å². The number of rotatable bonds is 0. The van der Waals surface area contributed by atoms with E-state index in [1.54, 1.807) is 22.7 Å². The van der Waals surface area contributed by atoms with Crippen LogP contribution < -0.4 is 18.9 Å². The highest BCUT2D eigenvalue weighted by molar-refractivity contribution is 7.21. The van der Waals surface area contributed by atoms with Gasteiger partial charge in [-0.3, -0.25) is 0 Å². The first-order chi connectivity index (χ1) is 18.9. The Kier molecular flexibility index (Phi) is 7.79. The van der Waals surface area contributed by atoms with Crippen LogP contribution in [0.15, 0.2) is 83.6 Å². The van der Waals surface area contributed by atoms with Gasteiger partial charge in [-0.1, -0.05) is 36.4 Å². The van der Waals surface area contributed by atoms with Gasteiger partial charge in [0.25, 0.3) is 0 Å². The Hall–Kier alpha value is -3.48. The van der Waals surface area contributed by atoms with Crippen molar-refractivity contribution in [3.8, 4) is 55.0 Å². The highest BCUT2D eigenvalue weighted by Crippen LogP contribution is 2.52. The Morgan fingerprint density at radius 3 is 1.13 bits per heavy atom. The van der Waals surface area contributed by atoms with Crippen LogP contribution in [0.5, 0.6) is 23.0 Å². The third-order valence-corrected chi connectivity index (χ3v) is 8.55. The SMILES string of the molecule is C1=C/CCOc2cccc3c2-c2ccsc2-c2sccc2-c2c(cccc2OCC/C=C/CCO3)OCC/1. The molecule has 38 heavy (non-hydrogen) atoms. The summed E-state index contributed by atoms with van der Waals surface area (Å²) in [5, 5.41) is 4.31. The minimum atomic E-state index is 0.601. The Balaban J connectivity index is 1.59. The van der Waals surface area contributed by atoms with Crippen LogP contribution in [-0.2, 0) is 0 Å². The van der Waals surface area contributed by atoms with E-state index < -0.39 is 0 Å². The molecule has 0 fully saturated rings. The molecule has 4 aromatic rings. The van der Waals surface area contributed by atoms with Crippen LogP contribution in [0.2, 0.25) is 0 Å². The second-order valence-corrected chi connectivity index (χ2v) is 10.9. The molecule has 0 amide bonds. The zero-order valence-electron chi connectivity index (χ0n) is 21.2. The molecule has 6 rings (SSSR count). The van der Waals surface area contributed by atoms with Crippen LogP contribution >= 0.6 is 22.7 Å². The second kappa shape index (κ2) is 11.9. The predicted octanol–water partition coefficient (Wildman–Crippen LogP) is 9.03. The monoisotopic (exact) mass is 542 g/mol. The van der Waals surface area contributed by atoms with E-state index in [9.17, 15) is 0 Å². The highest BCUT2D eigenvalue weighted by Gasteiger charge is 2.24. The molecule has 4 heterocycles. The van der Waals surface area contributed by atoms with Crippen molar-refractivity contribution in [1.82, 2.24) is 0 Å². The maximum Gasteiger partial charge on any atom is 0.130 e. The van der Waals surface area contributed by atoms with Crippen molar-refractivity contribution in [3.05, 3.63) is 83.6 Å². The van der Waals surface area contributed by atoms with Crippen molar-refractivity contribution in [2.45, 2.75) is 25.7 Å². The molecule has 194 valence electrons. The average Bonchev–Trinajstić information content (AvgIpc) is 3.60. The average molecular weight is 543 g/mol. The normalized spacial score (nSPS) is 17.4. The fourth-order valence-electron chi connectivity index (χ4n) is 4.82. The summed E-state index contributed by atoms with van der Waals surface area (Å²) in [7, 11) is 0. The van der Waals surface area contributed by atoms with Gasteiger partial charge in [-0.05, 0) is 72.8 Å². The third kappa shape index (κ3) is 5.24. The topological polar surface area (TPSA) is 36.9 Å². The molecule has 2 aliphatic heterocycles. The molecule has 2 aliphatic rings. The first kappa shape index (κ1) is 24.8. The maximum atomic E-state index is 6.37. The van der Waals surface area contributed by atoms with Crippen molar-refractivity contribution < 1.29 is 18.9 Å². The van der Waals surface area contributed by atoms with E-state index in [2.05, 4.69) is 71.5 Å². The van der Waals surface area contributed by atoms with Crippen LogP contribution in [-0.4, -0.2) is 26.4 Å². The molecule has 0 saturated heterocycles. The lowest BCUT2D eigenvalue weighted by molar-refractivity contribution is 0.307. The molecule has 2 aromatic heterocycles. The Bertz CT molecular complexity index is 1280. The fraction of sp³-hybridized carbons (Fsp3) is 0.250. The standard InChI is InChI=1S/C32H30O4S2/c1-2-6-18-34-26-12-10-14-28-30(26)24-16-22-38-32(24)31-23(15-21-37-31)29-25(33-17-5-1)11-9-13-27(29)35-19-7-3-4-8-20-36-28/h1-4,9-16,21-22H,5-8,17-20H2/b2-1+,4-3+.